The smallest absolute Gasteiger partial charge is 0.186 e. The van der Waals surface area contributed by atoms with E-state index in [0.29, 0.717) is 16.9 Å². The van der Waals surface area contributed by atoms with Gasteiger partial charge in [-0.05, 0) is 19.1 Å². The summed E-state index contributed by atoms with van der Waals surface area (Å²) in [6.07, 6.45) is 0. The Hall–Kier alpha value is -1.55. The normalized spacial score (nSPS) is 20.1. The first-order valence-electron chi connectivity index (χ1n) is 4.36. The largest absolute Gasteiger partial charge is 0.508 e. The zero-order valence-corrected chi connectivity index (χ0v) is 7.78. The van der Waals surface area contributed by atoms with Crippen molar-refractivity contribution in [1.82, 2.24) is 0 Å². The van der Waals surface area contributed by atoms with E-state index < -0.39 is 6.04 Å². The molecule has 14 heavy (non-hydrogen) atoms. The summed E-state index contributed by atoms with van der Waals surface area (Å²) in [6, 6.07) is 2.43. The molecule has 3 N–H and O–H groups in total. The number of aromatic hydroxyl groups is 1. The van der Waals surface area contributed by atoms with E-state index >= 15 is 0 Å². The summed E-state index contributed by atoms with van der Waals surface area (Å²) < 4.78 is 5.31. The number of nitrogens with two attached hydrogens (primary N) is 1. The predicted octanol–water partition coefficient (Wildman–Crippen LogP) is 0.603. The van der Waals surface area contributed by atoms with Gasteiger partial charge in [-0.25, -0.2) is 0 Å². The SMILES string of the molecule is Cc1c(O)ccc2c1OCC(N)C2=O. The monoisotopic (exact) mass is 193 g/mol. The van der Waals surface area contributed by atoms with Gasteiger partial charge in [0.2, 0.25) is 0 Å². The van der Waals surface area contributed by atoms with Gasteiger partial charge in [0, 0.05) is 5.56 Å². The van der Waals surface area contributed by atoms with E-state index in [9.17, 15) is 9.90 Å². The molecular weight excluding hydrogens is 182 g/mol. The van der Waals surface area contributed by atoms with Gasteiger partial charge in [0.1, 0.15) is 24.1 Å². The molecule has 1 aromatic rings. The number of hydrogen-bond acceptors (Lipinski definition) is 4. The van der Waals surface area contributed by atoms with Crippen molar-refractivity contribution in [3.8, 4) is 11.5 Å². The number of phenolic OH excluding ortho intramolecular Hbond substituents is 1. The summed E-state index contributed by atoms with van der Waals surface area (Å²) in [4.78, 5) is 11.6. The molecule has 0 bridgehead atoms. The average Bonchev–Trinajstić information content (AvgIpc) is 2.17. The van der Waals surface area contributed by atoms with E-state index in [1.54, 1.807) is 13.0 Å². The number of hydrogen-bond donors (Lipinski definition) is 2. The Morgan fingerprint density at radius 3 is 3.00 bits per heavy atom. The molecule has 0 aromatic heterocycles. The summed E-state index contributed by atoms with van der Waals surface area (Å²) in [7, 11) is 0. The summed E-state index contributed by atoms with van der Waals surface area (Å²) in [6.45, 7) is 1.88. The van der Waals surface area contributed by atoms with Crippen LogP contribution in [0.2, 0.25) is 0 Å². The van der Waals surface area contributed by atoms with Crippen LogP contribution in [0.1, 0.15) is 15.9 Å². The molecule has 0 saturated heterocycles. The van der Waals surface area contributed by atoms with E-state index in [2.05, 4.69) is 0 Å². The molecule has 2 rings (SSSR count). The van der Waals surface area contributed by atoms with Crippen molar-refractivity contribution >= 4 is 5.78 Å². The maximum Gasteiger partial charge on any atom is 0.186 e. The standard InChI is InChI=1S/C10H11NO3/c1-5-8(12)3-2-6-9(13)7(11)4-14-10(5)6/h2-3,7,12H,4,11H2,1H3. The summed E-state index contributed by atoms with van der Waals surface area (Å²) >= 11 is 0. The summed E-state index contributed by atoms with van der Waals surface area (Å²) in [5.74, 6) is 0.457. The lowest BCUT2D eigenvalue weighted by Crippen LogP contribution is -2.40. The van der Waals surface area contributed by atoms with Gasteiger partial charge in [0.25, 0.3) is 0 Å². The van der Waals surface area contributed by atoms with Gasteiger partial charge in [-0.1, -0.05) is 0 Å². The minimum Gasteiger partial charge on any atom is -0.508 e. The topological polar surface area (TPSA) is 72.6 Å². The molecule has 0 spiro atoms. The highest BCUT2D eigenvalue weighted by molar-refractivity contribution is 6.03. The Morgan fingerprint density at radius 2 is 2.29 bits per heavy atom. The van der Waals surface area contributed by atoms with Crippen LogP contribution in [0.15, 0.2) is 12.1 Å². The molecule has 0 aliphatic carbocycles. The molecule has 0 radical (unpaired) electrons. The minimum atomic E-state index is -0.591. The van der Waals surface area contributed by atoms with Gasteiger partial charge in [-0.15, -0.1) is 0 Å². The van der Waals surface area contributed by atoms with Gasteiger partial charge >= 0.3 is 0 Å². The third-order valence-corrected chi connectivity index (χ3v) is 2.39. The lowest BCUT2D eigenvalue weighted by atomic mass is 9.98. The molecule has 1 aliphatic rings. The Balaban J connectivity index is 2.59. The highest BCUT2D eigenvalue weighted by Crippen LogP contribution is 2.33. The molecule has 1 aromatic carbocycles. The number of phenols is 1. The average molecular weight is 193 g/mol. The fourth-order valence-corrected chi connectivity index (χ4v) is 1.51. The van der Waals surface area contributed by atoms with E-state index in [1.165, 1.54) is 6.07 Å². The first kappa shape index (κ1) is 9.02. The summed E-state index contributed by atoms with van der Waals surface area (Å²) in [5, 5.41) is 9.40. The second kappa shape index (κ2) is 2.99. The number of carbonyl (C=O) groups excluding carboxylic acids is 1. The first-order chi connectivity index (χ1) is 6.61. The van der Waals surface area contributed by atoms with Crippen molar-refractivity contribution in [2.45, 2.75) is 13.0 Å². The Labute approximate surface area is 81.3 Å². The number of ketones is 1. The number of rotatable bonds is 0. The van der Waals surface area contributed by atoms with Crippen LogP contribution in [-0.2, 0) is 0 Å². The quantitative estimate of drug-likeness (QED) is 0.633. The van der Waals surface area contributed by atoms with Crippen molar-refractivity contribution < 1.29 is 14.6 Å². The van der Waals surface area contributed by atoms with Crippen molar-refractivity contribution in [3.63, 3.8) is 0 Å². The molecule has 1 aliphatic heterocycles. The Kier molecular flexibility index (Phi) is 1.93. The lowest BCUT2D eigenvalue weighted by molar-refractivity contribution is 0.0898. The number of fused-ring (bicyclic) bond motifs is 1. The number of carbonyl (C=O) groups is 1. The third kappa shape index (κ3) is 1.15. The maximum atomic E-state index is 11.6. The van der Waals surface area contributed by atoms with Crippen LogP contribution in [0.3, 0.4) is 0 Å². The van der Waals surface area contributed by atoms with E-state index in [-0.39, 0.29) is 18.1 Å². The van der Waals surface area contributed by atoms with Crippen LogP contribution in [0.5, 0.6) is 11.5 Å². The lowest BCUT2D eigenvalue weighted by Gasteiger charge is -2.22. The van der Waals surface area contributed by atoms with E-state index in [0.717, 1.165) is 0 Å². The van der Waals surface area contributed by atoms with E-state index in [1.807, 2.05) is 0 Å². The molecule has 74 valence electrons. The van der Waals surface area contributed by atoms with Crippen LogP contribution >= 0.6 is 0 Å². The second-order valence-corrected chi connectivity index (χ2v) is 3.37. The van der Waals surface area contributed by atoms with Crippen molar-refractivity contribution in [3.05, 3.63) is 23.3 Å². The fraction of sp³-hybridized carbons (Fsp3) is 0.300. The molecule has 0 fully saturated rings. The highest BCUT2D eigenvalue weighted by Gasteiger charge is 2.27. The number of Topliss-reactive ketones (excluding diaryl/α,β-unsaturated/α-hetero) is 1. The molecule has 1 heterocycles. The van der Waals surface area contributed by atoms with Gasteiger partial charge in [-0.3, -0.25) is 4.79 Å². The van der Waals surface area contributed by atoms with Crippen LogP contribution in [-0.4, -0.2) is 23.5 Å². The van der Waals surface area contributed by atoms with Gasteiger partial charge in [0.15, 0.2) is 5.78 Å². The van der Waals surface area contributed by atoms with Gasteiger partial charge < -0.3 is 15.6 Å². The molecular formula is C10H11NO3. The van der Waals surface area contributed by atoms with Gasteiger partial charge in [0.05, 0.1) is 5.56 Å². The van der Waals surface area contributed by atoms with Crippen LogP contribution in [0, 0.1) is 6.92 Å². The molecule has 1 unspecified atom stereocenters. The number of ether oxygens (including phenoxy) is 1. The molecule has 0 amide bonds. The zero-order chi connectivity index (χ0) is 10.3. The van der Waals surface area contributed by atoms with Crippen LogP contribution in [0.25, 0.3) is 0 Å². The fourth-order valence-electron chi connectivity index (χ4n) is 1.51. The van der Waals surface area contributed by atoms with Crippen molar-refractivity contribution in [1.29, 1.82) is 0 Å². The van der Waals surface area contributed by atoms with E-state index in [4.69, 9.17) is 10.5 Å². The molecule has 0 saturated carbocycles. The van der Waals surface area contributed by atoms with Crippen LogP contribution < -0.4 is 10.5 Å². The third-order valence-electron chi connectivity index (χ3n) is 2.39. The van der Waals surface area contributed by atoms with Gasteiger partial charge in [-0.2, -0.15) is 0 Å². The zero-order valence-electron chi connectivity index (χ0n) is 7.78. The second-order valence-electron chi connectivity index (χ2n) is 3.37. The van der Waals surface area contributed by atoms with Crippen molar-refractivity contribution in [2.75, 3.05) is 6.61 Å². The predicted molar refractivity (Wildman–Crippen MR) is 50.6 cm³/mol. The van der Waals surface area contributed by atoms with Crippen molar-refractivity contribution in [2.24, 2.45) is 5.73 Å². The molecule has 1 atom stereocenters. The minimum absolute atomic E-state index is 0.130. The molecule has 4 nitrogen and oxygen atoms in total. The highest BCUT2D eigenvalue weighted by atomic mass is 16.5. The number of benzene rings is 1. The maximum absolute atomic E-state index is 11.6. The van der Waals surface area contributed by atoms with Crippen LogP contribution in [0.4, 0.5) is 0 Å². The first-order valence-corrected chi connectivity index (χ1v) is 4.36. The Morgan fingerprint density at radius 1 is 1.57 bits per heavy atom. The summed E-state index contributed by atoms with van der Waals surface area (Å²) in [5.41, 5.74) is 6.59. The Bertz CT molecular complexity index is 401. The molecule has 4 heteroatoms.